The zero-order valence-corrected chi connectivity index (χ0v) is 22.9. The van der Waals surface area contributed by atoms with E-state index < -0.39 is 0 Å². The highest BCUT2D eigenvalue weighted by atomic mass is 15.0. The summed E-state index contributed by atoms with van der Waals surface area (Å²) >= 11 is 0. The Morgan fingerprint density at radius 1 is 0.333 bits per heavy atom. The third-order valence-electron chi connectivity index (χ3n) is 8.68. The summed E-state index contributed by atoms with van der Waals surface area (Å²) in [5.74, 6) is 0. The van der Waals surface area contributed by atoms with Crippen molar-refractivity contribution in [3.05, 3.63) is 158 Å². The van der Waals surface area contributed by atoms with E-state index in [0.717, 1.165) is 0 Å². The highest BCUT2D eigenvalue weighted by Gasteiger charge is 2.15. The van der Waals surface area contributed by atoms with Gasteiger partial charge in [-0.05, 0) is 99.4 Å². The van der Waals surface area contributed by atoms with E-state index in [0.29, 0.717) is 0 Å². The van der Waals surface area contributed by atoms with Gasteiger partial charge in [0.2, 0.25) is 0 Å². The minimum Gasteiger partial charge on any atom is -0.317 e. The maximum Gasteiger partial charge on any atom is 0.0548 e. The lowest BCUT2D eigenvalue weighted by Crippen LogP contribution is -1.94. The molecular weight excluding hydrogens is 508 g/mol. The van der Waals surface area contributed by atoms with Gasteiger partial charge in [0.15, 0.2) is 0 Å². The third kappa shape index (κ3) is 3.52. The van der Waals surface area contributed by atoms with Crippen molar-refractivity contribution in [3.63, 3.8) is 0 Å². The van der Waals surface area contributed by atoms with Gasteiger partial charge in [-0.25, -0.2) is 0 Å². The second-order valence-corrected chi connectivity index (χ2v) is 11.1. The fourth-order valence-corrected chi connectivity index (χ4v) is 6.61. The summed E-state index contributed by atoms with van der Waals surface area (Å²) in [4.78, 5) is 0. The topological polar surface area (TPSA) is 9.86 Å². The first kappa shape index (κ1) is 23.1. The molecule has 0 spiro atoms. The summed E-state index contributed by atoms with van der Waals surface area (Å²) in [6.45, 7) is 0. The average molecular weight is 535 g/mol. The molecule has 7 aromatic carbocycles. The maximum atomic E-state index is 2.40. The van der Waals surface area contributed by atoms with E-state index in [1.54, 1.807) is 0 Å². The Hall–Kier alpha value is -5.60. The Labute approximate surface area is 243 Å². The summed E-state index contributed by atoms with van der Waals surface area (Å²) in [6.07, 6.45) is 2.17. The van der Waals surface area contributed by atoms with Gasteiger partial charge in [-0.1, -0.05) is 84.9 Å². The molecule has 0 aliphatic carbocycles. The quantitative estimate of drug-likeness (QED) is 0.200. The predicted molar refractivity (Wildman–Crippen MR) is 178 cm³/mol. The Kier molecular flexibility index (Phi) is 4.93. The Morgan fingerprint density at radius 3 is 1.86 bits per heavy atom. The number of benzene rings is 7. The number of rotatable bonds is 3. The molecule has 0 aliphatic rings. The first-order valence-electron chi connectivity index (χ1n) is 14.4. The van der Waals surface area contributed by atoms with Crippen LogP contribution in [0.3, 0.4) is 0 Å². The molecule has 42 heavy (non-hydrogen) atoms. The Morgan fingerprint density at radius 2 is 1.02 bits per heavy atom. The van der Waals surface area contributed by atoms with Crippen LogP contribution >= 0.6 is 0 Å². The molecule has 0 aliphatic heterocycles. The highest BCUT2D eigenvalue weighted by molar-refractivity contribution is 6.13. The lowest BCUT2D eigenvalue weighted by molar-refractivity contribution is 1.13. The van der Waals surface area contributed by atoms with Crippen molar-refractivity contribution in [2.75, 3.05) is 0 Å². The molecule has 0 bridgehead atoms. The van der Waals surface area contributed by atoms with Crippen LogP contribution in [-0.2, 0) is 0 Å². The van der Waals surface area contributed by atoms with E-state index >= 15 is 0 Å². The van der Waals surface area contributed by atoms with E-state index in [4.69, 9.17) is 0 Å². The van der Waals surface area contributed by atoms with Crippen LogP contribution < -0.4 is 0 Å². The molecule has 0 unspecified atom stereocenters. The van der Waals surface area contributed by atoms with Crippen molar-refractivity contribution in [1.82, 2.24) is 9.13 Å². The molecular formula is C40H26N2. The van der Waals surface area contributed by atoms with Crippen LogP contribution in [0.4, 0.5) is 0 Å². The van der Waals surface area contributed by atoms with Crippen molar-refractivity contribution >= 4 is 54.3 Å². The predicted octanol–water partition coefficient (Wildman–Crippen LogP) is 10.7. The van der Waals surface area contributed by atoms with Gasteiger partial charge in [0.1, 0.15) is 0 Å². The van der Waals surface area contributed by atoms with E-state index in [-0.39, 0.29) is 0 Å². The average Bonchev–Trinajstić information content (AvgIpc) is 3.61. The molecule has 196 valence electrons. The van der Waals surface area contributed by atoms with Gasteiger partial charge >= 0.3 is 0 Å². The molecule has 0 saturated heterocycles. The molecule has 0 fully saturated rings. The van der Waals surface area contributed by atoms with Crippen LogP contribution in [0.1, 0.15) is 0 Å². The van der Waals surface area contributed by atoms with Gasteiger partial charge in [-0.2, -0.15) is 0 Å². The fraction of sp³-hybridized carbons (Fsp3) is 0. The minimum absolute atomic E-state index is 1.17. The molecule has 2 heterocycles. The van der Waals surface area contributed by atoms with Crippen LogP contribution in [0, 0.1) is 0 Å². The minimum atomic E-state index is 1.17. The lowest BCUT2D eigenvalue weighted by atomic mass is 9.98. The maximum absolute atomic E-state index is 2.40. The van der Waals surface area contributed by atoms with Crippen molar-refractivity contribution < 1.29 is 0 Å². The van der Waals surface area contributed by atoms with Gasteiger partial charge in [-0.15, -0.1) is 0 Å². The van der Waals surface area contributed by atoms with E-state index in [9.17, 15) is 0 Å². The summed E-state index contributed by atoms with van der Waals surface area (Å²) < 4.78 is 4.68. The number of para-hydroxylation sites is 2. The largest absolute Gasteiger partial charge is 0.317 e. The zero-order valence-electron chi connectivity index (χ0n) is 22.9. The summed E-state index contributed by atoms with van der Waals surface area (Å²) in [5, 5.41) is 8.85. The second-order valence-electron chi connectivity index (χ2n) is 11.1. The molecule has 0 atom stereocenters. The fourth-order valence-electron chi connectivity index (χ4n) is 6.61. The summed E-state index contributed by atoms with van der Waals surface area (Å²) in [7, 11) is 0. The molecule has 2 heteroatoms. The molecule has 9 rings (SSSR count). The van der Waals surface area contributed by atoms with Gasteiger partial charge in [0.25, 0.3) is 0 Å². The number of fused-ring (bicyclic) bond motifs is 6. The van der Waals surface area contributed by atoms with E-state index in [1.807, 2.05) is 0 Å². The number of hydrogen-bond donors (Lipinski definition) is 0. The standard InChI is InChI=1S/C40H26N2/c1-2-10-34(11-3-1)41-21-20-32-25-40-37(26-39(32)41)36-12-6-7-13-38(36)42(40)35-18-16-27(17-19-35)30-14-15-31-22-28-8-4-5-9-29(28)23-33(31)24-30/h1-26H. The highest BCUT2D eigenvalue weighted by Crippen LogP contribution is 2.36. The van der Waals surface area contributed by atoms with Crippen molar-refractivity contribution in [2.45, 2.75) is 0 Å². The molecule has 0 N–H and O–H groups in total. The first-order valence-corrected chi connectivity index (χ1v) is 14.4. The van der Waals surface area contributed by atoms with Gasteiger partial charge < -0.3 is 9.13 Å². The van der Waals surface area contributed by atoms with E-state index in [2.05, 4.69) is 167 Å². The number of aromatic nitrogens is 2. The van der Waals surface area contributed by atoms with Gasteiger partial charge in [0, 0.05) is 33.7 Å². The first-order chi connectivity index (χ1) is 20.8. The second kappa shape index (κ2) is 8.95. The summed E-state index contributed by atoms with van der Waals surface area (Å²) in [6, 6.07) is 55.2. The van der Waals surface area contributed by atoms with Crippen LogP contribution in [0.25, 0.3) is 76.8 Å². The Bertz CT molecular complexity index is 2440. The summed E-state index contributed by atoms with van der Waals surface area (Å²) in [5.41, 5.74) is 8.45. The molecule has 2 aromatic heterocycles. The SMILES string of the molecule is c1ccc(-n2ccc3cc4c(cc32)c2ccccc2n4-c2ccc(-c3ccc4cc5ccccc5cc4c3)cc2)cc1. The van der Waals surface area contributed by atoms with Crippen molar-refractivity contribution in [1.29, 1.82) is 0 Å². The lowest BCUT2D eigenvalue weighted by Gasteiger charge is -2.11. The molecule has 0 radical (unpaired) electrons. The normalized spacial score (nSPS) is 11.8. The van der Waals surface area contributed by atoms with Crippen molar-refractivity contribution in [3.8, 4) is 22.5 Å². The molecule has 0 amide bonds. The number of hydrogen-bond acceptors (Lipinski definition) is 0. The van der Waals surface area contributed by atoms with Gasteiger partial charge in [0.05, 0.1) is 16.6 Å². The van der Waals surface area contributed by atoms with Crippen LogP contribution in [0.2, 0.25) is 0 Å². The van der Waals surface area contributed by atoms with Crippen LogP contribution in [-0.4, -0.2) is 9.13 Å². The Balaban J connectivity index is 1.18. The molecule has 2 nitrogen and oxygen atoms in total. The molecule has 9 aromatic rings. The molecule has 0 saturated carbocycles. The van der Waals surface area contributed by atoms with Gasteiger partial charge in [-0.3, -0.25) is 0 Å². The third-order valence-corrected chi connectivity index (χ3v) is 8.68. The van der Waals surface area contributed by atoms with Crippen LogP contribution in [0.5, 0.6) is 0 Å². The van der Waals surface area contributed by atoms with Crippen LogP contribution in [0.15, 0.2) is 158 Å². The smallest absolute Gasteiger partial charge is 0.0548 e. The monoisotopic (exact) mass is 534 g/mol. The van der Waals surface area contributed by atoms with E-state index in [1.165, 1.54) is 76.8 Å². The number of nitrogens with zero attached hydrogens (tertiary/aromatic N) is 2. The zero-order chi connectivity index (χ0) is 27.6. The van der Waals surface area contributed by atoms with Crippen molar-refractivity contribution in [2.24, 2.45) is 0 Å².